The molecule has 0 saturated carbocycles. The molecule has 0 unspecified atom stereocenters. The van der Waals surface area contributed by atoms with Gasteiger partial charge < -0.3 is 19.7 Å². The summed E-state index contributed by atoms with van der Waals surface area (Å²) in [4.78, 5) is 2.50. The molecule has 0 aliphatic carbocycles. The number of fused-ring (bicyclic) bond motifs is 4. The molecule has 6 nitrogen and oxygen atoms in total. The summed E-state index contributed by atoms with van der Waals surface area (Å²) in [5, 5.41) is 8.19. The lowest BCUT2D eigenvalue weighted by molar-refractivity contribution is 0.0812. The van der Waals surface area contributed by atoms with Gasteiger partial charge in [0.05, 0.1) is 6.21 Å². The van der Waals surface area contributed by atoms with Gasteiger partial charge in [0.15, 0.2) is 16.6 Å². The van der Waals surface area contributed by atoms with Crippen molar-refractivity contribution in [1.82, 2.24) is 15.6 Å². The summed E-state index contributed by atoms with van der Waals surface area (Å²) >= 11 is 5.35. The molecule has 3 saturated heterocycles. The monoisotopic (exact) mass is 332 g/mol. The van der Waals surface area contributed by atoms with Crippen molar-refractivity contribution in [2.75, 3.05) is 26.4 Å². The average molecular weight is 332 g/mol. The van der Waals surface area contributed by atoms with E-state index in [1.807, 2.05) is 18.2 Å². The minimum absolute atomic E-state index is 0.280. The Labute approximate surface area is 140 Å². The number of ether oxygens (including phenoxy) is 2. The van der Waals surface area contributed by atoms with Crippen LogP contribution in [0.2, 0.25) is 0 Å². The maximum absolute atomic E-state index is 5.35. The molecular weight excluding hydrogens is 312 g/mol. The lowest BCUT2D eigenvalue weighted by atomic mass is 9.84. The molecule has 0 radical (unpaired) electrons. The molecule has 2 bridgehead atoms. The minimum Gasteiger partial charge on any atom is -0.454 e. The Morgan fingerprint density at radius 3 is 2.87 bits per heavy atom. The third-order valence-electron chi connectivity index (χ3n) is 4.75. The molecule has 122 valence electrons. The van der Waals surface area contributed by atoms with Crippen molar-refractivity contribution < 1.29 is 9.47 Å². The fourth-order valence-electron chi connectivity index (χ4n) is 3.49. The van der Waals surface area contributed by atoms with Gasteiger partial charge in [-0.1, -0.05) is 0 Å². The van der Waals surface area contributed by atoms with Gasteiger partial charge in [0.2, 0.25) is 6.79 Å². The normalized spacial score (nSPS) is 28.1. The van der Waals surface area contributed by atoms with Gasteiger partial charge in [0.25, 0.3) is 0 Å². The highest BCUT2D eigenvalue weighted by Crippen LogP contribution is 2.32. The van der Waals surface area contributed by atoms with Crippen LogP contribution in [0.5, 0.6) is 11.5 Å². The number of hydrazone groups is 1. The van der Waals surface area contributed by atoms with E-state index in [1.165, 1.54) is 25.9 Å². The Morgan fingerprint density at radius 1 is 1.26 bits per heavy atom. The number of hydrogen-bond acceptors (Lipinski definition) is 5. The first-order chi connectivity index (χ1) is 11.3. The zero-order valence-electron chi connectivity index (χ0n) is 12.8. The fourth-order valence-corrected chi connectivity index (χ4v) is 3.69. The summed E-state index contributed by atoms with van der Waals surface area (Å²) in [6.07, 6.45) is 4.26. The van der Waals surface area contributed by atoms with Crippen LogP contribution >= 0.6 is 12.2 Å². The molecule has 0 amide bonds. The van der Waals surface area contributed by atoms with Crippen molar-refractivity contribution in [2.24, 2.45) is 11.0 Å². The second-order valence-electron chi connectivity index (χ2n) is 6.20. The van der Waals surface area contributed by atoms with Crippen LogP contribution in [0.1, 0.15) is 18.4 Å². The molecule has 4 heterocycles. The van der Waals surface area contributed by atoms with Crippen LogP contribution in [-0.2, 0) is 0 Å². The van der Waals surface area contributed by atoms with Crippen LogP contribution in [0.25, 0.3) is 0 Å². The quantitative estimate of drug-likeness (QED) is 0.494. The second kappa shape index (κ2) is 6.33. The smallest absolute Gasteiger partial charge is 0.231 e. The Kier molecular flexibility index (Phi) is 4.05. The van der Waals surface area contributed by atoms with Crippen LogP contribution < -0.4 is 20.2 Å². The molecule has 0 aromatic heterocycles. The summed E-state index contributed by atoms with van der Waals surface area (Å²) in [6, 6.07) is 6.16. The van der Waals surface area contributed by atoms with Gasteiger partial charge in [0.1, 0.15) is 0 Å². The molecule has 1 aromatic rings. The SMILES string of the molecule is S=C(N/N=C/c1ccc2c(c1)OCO2)N[C@H]1CN2CCC1CC2. The lowest BCUT2D eigenvalue weighted by Gasteiger charge is -2.45. The van der Waals surface area contributed by atoms with Crippen molar-refractivity contribution in [3.05, 3.63) is 23.8 Å². The maximum Gasteiger partial charge on any atom is 0.231 e. The van der Waals surface area contributed by atoms with E-state index in [-0.39, 0.29) is 6.79 Å². The first-order valence-electron chi connectivity index (χ1n) is 7.99. The molecule has 3 fully saturated rings. The molecule has 5 rings (SSSR count). The van der Waals surface area contributed by atoms with E-state index >= 15 is 0 Å². The van der Waals surface area contributed by atoms with Crippen LogP contribution in [0.4, 0.5) is 0 Å². The Balaban J connectivity index is 1.29. The lowest BCUT2D eigenvalue weighted by Crippen LogP contribution is -2.58. The highest BCUT2D eigenvalue weighted by molar-refractivity contribution is 7.80. The van der Waals surface area contributed by atoms with E-state index in [0.717, 1.165) is 29.5 Å². The first kappa shape index (κ1) is 14.7. The zero-order valence-corrected chi connectivity index (χ0v) is 13.6. The van der Waals surface area contributed by atoms with Crippen LogP contribution in [0.3, 0.4) is 0 Å². The number of benzene rings is 1. The van der Waals surface area contributed by atoms with Gasteiger partial charge >= 0.3 is 0 Å². The summed E-state index contributed by atoms with van der Waals surface area (Å²) in [6.45, 7) is 3.82. The topological polar surface area (TPSA) is 58.1 Å². The van der Waals surface area contributed by atoms with Gasteiger partial charge in [-0.05, 0) is 67.8 Å². The molecule has 4 aliphatic rings. The van der Waals surface area contributed by atoms with Crippen molar-refractivity contribution >= 4 is 23.5 Å². The molecule has 1 atom stereocenters. The summed E-state index contributed by atoms with van der Waals surface area (Å²) in [5.74, 6) is 2.26. The van der Waals surface area contributed by atoms with Gasteiger partial charge in [0, 0.05) is 12.6 Å². The van der Waals surface area contributed by atoms with Crippen LogP contribution in [0.15, 0.2) is 23.3 Å². The predicted molar refractivity (Wildman–Crippen MR) is 92.0 cm³/mol. The van der Waals surface area contributed by atoms with E-state index in [9.17, 15) is 0 Å². The molecule has 1 aromatic carbocycles. The highest BCUT2D eigenvalue weighted by atomic mass is 32.1. The van der Waals surface area contributed by atoms with Gasteiger partial charge in [-0.3, -0.25) is 5.43 Å². The number of thiocarbonyl (C=S) groups is 1. The van der Waals surface area contributed by atoms with E-state index in [1.54, 1.807) is 6.21 Å². The molecule has 0 spiro atoms. The van der Waals surface area contributed by atoms with E-state index in [0.29, 0.717) is 11.2 Å². The largest absolute Gasteiger partial charge is 0.454 e. The second-order valence-corrected chi connectivity index (χ2v) is 6.61. The van der Waals surface area contributed by atoms with Gasteiger partial charge in [-0.15, -0.1) is 0 Å². The van der Waals surface area contributed by atoms with E-state index in [2.05, 4.69) is 20.7 Å². The molecule has 7 heteroatoms. The predicted octanol–water partition coefficient (Wildman–Crippen LogP) is 1.31. The van der Waals surface area contributed by atoms with E-state index < -0.39 is 0 Å². The van der Waals surface area contributed by atoms with Crippen molar-refractivity contribution in [3.8, 4) is 11.5 Å². The standard InChI is InChI=1S/C16H20N4O2S/c23-16(18-13-9-20-5-3-12(13)4-6-20)19-17-8-11-1-2-14-15(7-11)22-10-21-14/h1-2,7-8,12-13H,3-6,9-10H2,(H2,18,19,23)/b17-8+/t13-/m0/s1. The van der Waals surface area contributed by atoms with Crippen molar-refractivity contribution in [2.45, 2.75) is 18.9 Å². The summed E-state index contributed by atoms with van der Waals surface area (Å²) in [7, 11) is 0. The third kappa shape index (κ3) is 3.25. The zero-order chi connectivity index (χ0) is 15.6. The average Bonchev–Trinajstić information content (AvgIpc) is 3.03. The van der Waals surface area contributed by atoms with Crippen LogP contribution in [-0.4, -0.2) is 48.7 Å². The summed E-state index contributed by atoms with van der Waals surface area (Å²) in [5.41, 5.74) is 3.84. The molecule has 23 heavy (non-hydrogen) atoms. The number of nitrogens with one attached hydrogen (secondary N) is 2. The van der Waals surface area contributed by atoms with Crippen LogP contribution in [0, 0.1) is 5.92 Å². The summed E-state index contributed by atoms with van der Waals surface area (Å²) < 4.78 is 10.6. The fraction of sp³-hybridized carbons (Fsp3) is 0.500. The van der Waals surface area contributed by atoms with Crippen molar-refractivity contribution in [1.29, 1.82) is 0 Å². The van der Waals surface area contributed by atoms with Gasteiger partial charge in [-0.2, -0.15) is 5.10 Å². The molecule has 4 aliphatic heterocycles. The molecule has 2 N–H and O–H groups in total. The number of rotatable bonds is 3. The Morgan fingerprint density at radius 2 is 2.09 bits per heavy atom. The molecular formula is C16H20N4O2S. The minimum atomic E-state index is 0.280. The highest BCUT2D eigenvalue weighted by Gasteiger charge is 2.34. The third-order valence-corrected chi connectivity index (χ3v) is 4.96. The van der Waals surface area contributed by atoms with Gasteiger partial charge in [-0.25, -0.2) is 0 Å². The Hall–Kier alpha value is -1.86. The first-order valence-corrected chi connectivity index (χ1v) is 8.40. The number of hydrogen-bond donors (Lipinski definition) is 2. The maximum atomic E-state index is 5.35. The number of nitrogens with zero attached hydrogens (tertiary/aromatic N) is 2. The number of piperidine rings is 3. The Bertz CT molecular complexity index is 629. The van der Waals surface area contributed by atoms with Crippen molar-refractivity contribution in [3.63, 3.8) is 0 Å². The van der Waals surface area contributed by atoms with E-state index in [4.69, 9.17) is 21.7 Å².